The summed E-state index contributed by atoms with van der Waals surface area (Å²) >= 11 is 6.21. The Kier molecular flexibility index (Phi) is 7.25. The van der Waals surface area contributed by atoms with Crippen molar-refractivity contribution >= 4 is 47.2 Å². The Labute approximate surface area is 175 Å². The van der Waals surface area contributed by atoms with Crippen LogP contribution in [0.1, 0.15) is 24.0 Å². The van der Waals surface area contributed by atoms with E-state index in [1.165, 1.54) is 12.1 Å². The number of para-hydroxylation sites is 1. The Balaban J connectivity index is 0.00000243. The standard InChI is InChI=1S/C19H21ClFN3O.HI/c1-25-11-13-4-2-3-5-17(13)24-18(22)23-12-19(8-9-19)15-7-6-14(21)10-16(15)20;/h2-7,10H,8-9,11-12H2,1H3,(H3,22,23,24);1H. The maximum atomic E-state index is 13.3. The van der Waals surface area contributed by atoms with Crippen LogP contribution >= 0.6 is 35.6 Å². The summed E-state index contributed by atoms with van der Waals surface area (Å²) in [7, 11) is 1.65. The molecule has 0 radical (unpaired) electrons. The number of guanidine groups is 1. The van der Waals surface area contributed by atoms with Crippen LogP contribution in [-0.2, 0) is 16.8 Å². The van der Waals surface area contributed by atoms with E-state index in [4.69, 9.17) is 22.1 Å². The van der Waals surface area contributed by atoms with Gasteiger partial charge >= 0.3 is 0 Å². The Hall–Kier alpha value is -1.38. The molecule has 26 heavy (non-hydrogen) atoms. The average molecular weight is 490 g/mol. The van der Waals surface area contributed by atoms with E-state index in [9.17, 15) is 4.39 Å². The zero-order valence-electron chi connectivity index (χ0n) is 14.5. The van der Waals surface area contributed by atoms with E-state index in [0.717, 1.165) is 29.7 Å². The maximum absolute atomic E-state index is 13.3. The Morgan fingerprint density at radius 2 is 2.04 bits per heavy atom. The molecule has 1 aliphatic rings. The number of nitrogens with zero attached hydrogens (tertiary/aromatic N) is 1. The quantitative estimate of drug-likeness (QED) is 0.351. The molecule has 0 bridgehead atoms. The molecule has 1 aliphatic carbocycles. The van der Waals surface area contributed by atoms with Crippen LogP contribution in [0.15, 0.2) is 47.5 Å². The van der Waals surface area contributed by atoms with E-state index in [-0.39, 0.29) is 35.2 Å². The third-order valence-corrected chi connectivity index (χ3v) is 4.80. The molecule has 7 heteroatoms. The fraction of sp³-hybridized carbons (Fsp3) is 0.316. The minimum Gasteiger partial charge on any atom is -0.380 e. The third-order valence-electron chi connectivity index (χ3n) is 4.49. The number of methoxy groups -OCH3 is 1. The number of ether oxygens (including phenoxy) is 1. The van der Waals surface area contributed by atoms with E-state index in [1.807, 2.05) is 24.3 Å². The molecule has 3 rings (SSSR count). The largest absolute Gasteiger partial charge is 0.380 e. The highest BCUT2D eigenvalue weighted by atomic mass is 127. The molecule has 1 saturated carbocycles. The fourth-order valence-electron chi connectivity index (χ4n) is 2.92. The monoisotopic (exact) mass is 489 g/mol. The molecule has 0 saturated heterocycles. The second-order valence-corrected chi connectivity index (χ2v) is 6.73. The molecule has 0 unspecified atom stereocenters. The number of halogens is 3. The van der Waals surface area contributed by atoms with Gasteiger partial charge in [0.2, 0.25) is 0 Å². The van der Waals surface area contributed by atoms with Crippen LogP contribution in [0.4, 0.5) is 10.1 Å². The summed E-state index contributed by atoms with van der Waals surface area (Å²) in [6, 6.07) is 12.3. The van der Waals surface area contributed by atoms with Gasteiger partial charge in [-0.25, -0.2) is 4.39 Å². The molecule has 2 aromatic carbocycles. The highest BCUT2D eigenvalue weighted by Crippen LogP contribution is 2.50. The van der Waals surface area contributed by atoms with Crippen LogP contribution in [0.25, 0.3) is 0 Å². The average Bonchev–Trinajstić information content (AvgIpc) is 3.36. The third kappa shape index (κ3) is 4.86. The van der Waals surface area contributed by atoms with Gasteiger partial charge in [-0.15, -0.1) is 24.0 Å². The van der Waals surface area contributed by atoms with Crippen LogP contribution in [0.2, 0.25) is 5.02 Å². The van der Waals surface area contributed by atoms with Crippen molar-refractivity contribution in [3.63, 3.8) is 0 Å². The van der Waals surface area contributed by atoms with Gasteiger partial charge in [-0.1, -0.05) is 35.9 Å². The van der Waals surface area contributed by atoms with Crippen molar-refractivity contribution in [1.29, 1.82) is 0 Å². The molecule has 1 fully saturated rings. The second kappa shape index (κ2) is 9.01. The minimum absolute atomic E-state index is 0. The van der Waals surface area contributed by atoms with Gasteiger partial charge in [0.1, 0.15) is 5.82 Å². The first-order chi connectivity index (χ1) is 12.0. The lowest BCUT2D eigenvalue weighted by Gasteiger charge is -2.16. The van der Waals surface area contributed by atoms with Gasteiger partial charge in [0.25, 0.3) is 0 Å². The van der Waals surface area contributed by atoms with E-state index in [2.05, 4.69) is 10.3 Å². The number of hydrogen-bond donors (Lipinski definition) is 2. The maximum Gasteiger partial charge on any atom is 0.193 e. The SMILES string of the molecule is COCc1ccccc1NC(N)=NCC1(c2ccc(F)cc2Cl)CC1.I. The number of hydrogen-bond acceptors (Lipinski definition) is 2. The van der Waals surface area contributed by atoms with Gasteiger partial charge in [0.15, 0.2) is 5.96 Å². The van der Waals surface area contributed by atoms with Gasteiger partial charge in [0.05, 0.1) is 13.2 Å². The van der Waals surface area contributed by atoms with Gasteiger partial charge < -0.3 is 15.8 Å². The van der Waals surface area contributed by atoms with Gasteiger partial charge in [-0.05, 0) is 36.6 Å². The summed E-state index contributed by atoms with van der Waals surface area (Å²) < 4.78 is 18.4. The predicted molar refractivity (Wildman–Crippen MR) is 115 cm³/mol. The van der Waals surface area contributed by atoms with Crippen LogP contribution < -0.4 is 11.1 Å². The number of nitrogens with one attached hydrogen (secondary N) is 1. The Bertz CT molecular complexity index is 796. The lowest BCUT2D eigenvalue weighted by Crippen LogP contribution is -2.25. The first kappa shape index (κ1) is 20.9. The van der Waals surface area contributed by atoms with Crippen LogP contribution in [0.3, 0.4) is 0 Å². The summed E-state index contributed by atoms with van der Waals surface area (Å²) in [5.41, 5.74) is 8.73. The van der Waals surface area contributed by atoms with Crippen molar-refractivity contribution in [2.24, 2.45) is 10.7 Å². The zero-order valence-corrected chi connectivity index (χ0v) is 17.6. The summed E-state index contributed by atoms with van der Waals surface area (Å²) in [4.78, 5) is 4.48. The van der Waals surface area contributed by atoms with Crippen molar-refractivity contribution in [2.45, 2.75) is 24.9 Å². The zero-order chi connectivity index (χ0) is 17.9. The molecule has 0 amide bonds. The topological polar surface area (TPSA) is 59.6 Å². The second-order valence-electron chi connectivity index (χ2n) is 6.32. The molecule has 0 aliphatic heterocycles. The molecule has 0 aromatic heterocycles. The highest BCUT2D eigenvalue weighted by molar-refractivity contribution is 14.0. The van der Waals surface area contributed by atoms with Crippen molar-refractivity contribution in [1.82, 2.24) is 0 Å². The molecule has 3 N–H and O–H groups in total. The Morgan fingerprint density at radius 1 is 1.31 bits per heavy atom. The molecule has 4 nitrogen and oxygen atoms in total. The highest BCUT2D eigenvalue weighted by Gasteiger charge is 2.45. The number of benzene rings is 2. The first-order valence-electron chi connectivity index (χ1n) is 8.13. The molecule has 0 spiro atoms. The van der Waals surface area contributed by atoms with E-state index >= 15 is 0 Å². The minimum atomic E-state index is -0.330. The number of anilines is 1. The van der Waals surface area contributed by atoms with Gasteiger partial charge in [-0.2, -0.15) is 0 Å². The van der Waals surface area contributed by atoms with Crippen molar-refractivity contribution in [3.8, 4) is 0 Å². The summed E-state index contributed by atoms with van der Waals surface area (Å²) in [5.74, 6) is 0.0112. The fourth-order valence-corrected chi connectivity index (χ4v) is 3.29. The lowest BCUT2D eigenvalue weighted by molar-refractivity contribution is 0.185. The molecule has 0 atom stereocenters. The predicted octanol–water partition coefficient (Wildman–Crippen LogP) is 4.70. The normalized spacial score (nSPS) is 15.3. The molecular formula is C19H22ClFIN3O. The van der Waals surface area contributed by atoms with Crippen molar-refractivity contribution in [3.05, 3.63) is 64.4 Å². The van der Waals surface area contributed by atoms with E-state index in [0.29, 0.717) is 24.1 Å². The van der Waals surface area contributed by atoms with E-state index in [1.54, 1.807) is 13.2 Å². The summed E-state index contributed by atoms with van der Waals surface area (Å²) in [6.07, 6.45) is 1.94. The van der Waals surface area contributed by atoms with Gasteiger partial charge in [0, 0.05) is 28.8 Å². The van der Waals surface area contributed by atoms with Crippen LogP contribution in [0.5, 0.6) is 0 Å². The van der Waals surface area contributed by atoms with Crippen molar-refractivity contribution < 1.29 is 9.13 Å². The first-order valence-corrected chi connectivity index (χ1v) is 8.51. The van der Waals surface area contributed by atoms with Crippen molar-refractivity contribution in [2.75, 3.05) is 19.0 Å². The number of aliphatic imine (C=N–C) groups is 1. The lowest BCUT2D eigenvalue weighted by atomic mass is 9.96. The van der Waals surface area contributed by atoms with E-state index < -0.39 is 0 Å². The number of nitrogens with two attached hydrogens (primary N) is 1. The van der Waals surface area contributed by atoms with Gasteiger partial charge in [-0.3, -0.25) is 4.99 Å². The summed E-state index contributed by atoms with van der Waals surface area (Å²) in [5, 5.41) is 3.57. The summed E-state index contributed by atoms with van der Waals surface area (Å²) in [6.45, 7) is 1.01. The van der Waals surface area contributed by atoms with Crippen LogP contribution in [0, 0.1) is 5.82 Å². The smallest absolute Gasteiger partial charge is 0.193 e. The number of rotatable bonds is 6. The molecule has 2 aromatic rings. The molecule has 140 valence electrons. The van der Waals surface area contributed by atoms with Crippen LogP contribution in [-0.4, -0.2) is 19.6 Å². The molecule has 0 heterocycles. The molecular weight excluding hydrogens is 468 g/mol. The Morgan fingerprint density at radius 3 is 2.69 bits per heavy atom.